The third kappa shape index (κ3) is 2.08. The zero-order valence-electron chi connectivity index (χ0n) is 10.9. The minimum atomic E-state index is -0.194. The van der Waals surface area contributed by atoms with Crippen LogP contribution in [0, 0.1) is 0 Å². The number of thioether (sulfide) groups is 1. The van der Waals surface area contributed by atoms with Crippen LogP contribution in [0.2, 0.25) is 0 Å². The number of H-pyrrole nitrogens is 1. The fourth-order valence-electron chi connectivity index (χ4n) is 2.30. The first kappa shape index (κ1) is 12.8. The molecule has 0 amide bonds. The molecule has 0 aliphatic carbocycles. The second-order valence-corrected chi connectivity index (χ2v) is 5.34. The zero-order valence-corrected chi connectivity index (χ0v) is 11.7. The molecule has 0 saturated heterocycles. The summed E-state index contributed by atoms with van der Waals surface area (Å²) in [6, 6.07) is 13.0. The Labute approximate surface area is 120 Å². The van der Waals surface area contributed by atoms with Crippen molar-refractivity contribution in [3.63, 3.8) is 0 Å². The maximum atomic E-state index is 11.8. The summed E-state index contributed by atoms with van der Waals surface area (Å²) in [7, 11) is 0. The Hall–Kier alpha value is -2.20. The van der Waals surface area contributed by atoms with Crippen LogP contribution in [-0.2, 0) is 0 Å². The number of aromatic amines is 1. The highest BCUT2D eigenvalue weighted by Crippen LogP contribution is 2.33. The van der Waals surface area contributed by atoms with Crippen LogP contribution < -0.4 is 5.56 Å². The van der Waals surface area contributed by atoms with E-state index in [1.165, 1.54) is 4.90 Å². The van der Waals surface area contributed by atoms with E-state index in [0.717, 1.165) is 11.1 Å². The average Bonchev–Trinajstić information content (AvgIpc) is 2.49. The van der Waals surface area contributed by atoms with Crippen LogP contribution in [0.3, 0.4) is 0 Å². The van der Waals surface area contributed by atoms with Gasteiger partial charge in [0.25, 0.3) is 5.56 Å². The van der Waals surface area contributed by atoms with Crippen LogP contribution in [0.15, 0.2) is 58.4 Å². The van der Waals surface area contributed by atoms with E-state index in [2.05, 4.69) is 4.98 Å². The number of nitrogens with one attached hydrogen (secondary N) is 1. The molecule has 3 rings (SSSR count). The molecular weight excluding hydrogens is 270 g/mol. The van der Waals surface area contributed by atoms with Crippen molar-refractivity contribution in [2.45, 2.75) is 4.90 Å². The molecule has 0 unspecified atom stereocenters. The molecule has 1 heterocycles. The van der Waals surface area contributed by atoms with Crippen LogP contribution in [0.25, 0.3) is 21.9 Å². The van der Waals surface area contributed by atoms with Crippen LogP contribution >= 0.6 is 11.8 Å². The molecule has 1 aromatic heterocycles. The van der Waals surface area contributed by atoms with Gasteiger partial charge in [0.2, 0.25) is 0 Å². The smallest absolute Gasteiger partial charge is 0.255 e. The SMILES string of the molecule is CSc1ccc(-c2c[nH]c(=O)c3cccc(O)c23)cc1. The Morgan fingerprint density at radius 2 is 1.85 bits per heavy atom. The minimum Gasteiger partial charge on any atom is -0.507 e. The molecule has 3 aromatic rings. The van der Waals surface area contributed by atoms with Crippen molar-refractivity contribution >= 4 is 22.5 Å². The molecule has 2 N–H and O–H groups in total. The quantitative estimate of drug-likeness (QED) is 0.706. The monoisotopic (exact) mass is 283 g/mol. The lowest BCUT2D eigenvalue weighted by Gasteiger charge is -2.08. The molecule has 0 saturated carbocycles. The van der Waals surface area contributed by atoms with Crippen LogP contribution in [0.1, 0.15) is 0 Å². The number of hydrogen-bond acceptors (Lipinski definition) is 3. The van der Waals surface area contributed by atoms with Crippen LogP contribution in [-0.4, -0.2) is 16.3 Å². The molecular formula is C16H13NO2S. The Balaban J connectivity index is 2.30. The number of hydrogen-bond donors (Lipinski definition) is 2. The molecule has 0 aliphatic rings. The van der Waals surface area contributed by atoms with E-state index in [1.54, 1.807) is 36.2 Å². The van der Waals surface area contributed by atoms with Gasteiger partial charge in [-0.1, -0.05) is 18.2 Å². The normalized spacial score (nSPS) is 10.8. The molecule has 20 heavy (non-hydrogen) atoms. The molecule has 0 atom stereocenters. The predicted octanol–water partition coefficient (Wildman–Crippen LogP) is 3.62. The molecule has 0 bridgehead atoms. The molecule has 0 fully saturated rings. The lowest BCUT2D eigenvalue weighted by atomic mass is 10.0. The molecule has 0 aliphatic heterocycles. The molecule has 0 radical (unpaired) electrons. The molecule has 2 aromatic carbocycles. The van der Waals surface area contributed by atoms with Crippen molar-refractivity contribution in [2.24, 2.45) is 0 Å². The number of fused-ring (bicyclic) bond motifs is 1. The van der Waals surface area contributed by atoms with E-state index < -0.39 is 0 Å². The molecule has 100 valence electrons. The van der Waals surface area contributed by atoms with Crippen molar-refractivity contribution in [3.8, 4) is 16.9 Å². The van der Waals surface area contributed by atoms with Gasteiger partial charge in [0.1, 0.15) is 5.75 Å². The average molecular weight is 283 g/mol. The van der Waals surface area contributed by atoms with Gasteiger partial charge in [-0.15, -0.1) is 11.8 Å². The highest BCUT2D eigenvalue weighted by Gasteiger charge is 2.10. The van der Waals surface area contributed by atoms with E-state index >= 15 is 0 Å². The van der Waals surface area contributed by atoms with Gasteiger partial charge in [-0.3, -0.25) is 4.79 Å². The molecule has 3 nitrogen and oxygen atoms in total. The van der Waals surface area contributed by atoms with Crippen LogP contribution in [0.4, 0.5) is 0 Å². The van der Waals surface area contributed by atoms with E-state index in [-0.39, 0.29) is 11.3 Å². The number of phenolic OH excluding ortho intramolecular Hbond substituents is 1. The van der Waals surface area contributed by atoms with Gasteiger partial charge < -0.3 is 10.1 Å². The third-order valence-electron chi connectivity index (χ3n) is 3.31. The van der Waals surface area contributed by atoms with Crippen molar-refractivity contribution in [1.82, 2.24) is 4.98 Å². The number of benzene rings is 2. The topological polar surface area (TPSA) is 53.1 Å². The minimum absolute atomic E-state index is 0.123. The van der Waals surface area contributed by atoms with Gasteiger partial charge in [-0.2, -0.15) is 0 Å². The number of pyridine rings is 1. The van der Waals surface area contributed by atoms with Crippen molar-refractivity contribution in [1.29, 1.82) is 0 Å². The second-order valence-electron chi connectivity index (χ2n) is 4.46. The highest BCUT2D eigenvalue weighted by atomic mass is 32.2. The summed E-state index contributed by atoms with van der Waals surface area (Å²) in [6.07, 6.45) is 3.68. The Morgan fingerprint density at radius 1 is 1.10 bits per heavy atom. The lowest BCUT2D eigenvalue weighted by Crippen LogP contribution is -2.05. The standard InChI is InChI=1S/C16H13NO2S/c1-20-11-7-5-10(6-8-11)13-9-17-16(19)12-3-2-4-14(18)15(12)13/h2-9,18H,1H3,(H,17,19). The first-order chi connectivity index (χ1) is 9.70. The van der Waals surface area contributed by atoms with Crippen molar-refractivity contribution in [3.05, 3.63) is 59.0 Å². The number of aromatic nitrogens is 1. The van der Waals surface area contributed by atoms with Crippen molar-refractivity contribution in [2.75, 3.05) is 6.26 Å². The van der Waals surface area contributed by atoms with Gasteiger partial charge in [0.05, 0.1) is 5.39 Å². The largest absolute Gasteiger partial charge is 0.507 e. The summed E-state index contributed by atoms with van der Waals surface area (Å²) in [6.45, 7) is 0. The summed E-state index contributed by atoms with van der Waals surface area (Å²) in [5, 5.41) is 11.2. The summed E-state index contributed by atoms with van der Waals surface area (Å²) in [5.74, 6) is 0.123. The van der Waals surface area contributed by atoms with Crippen molar-refractivity contribution < 1.29 is 5.11 Å². The van der Waals surface area contributed by atoms with Gasteiger partial charge in [-0.25, -0.2) is 0 Å². The van der Waals surface area contributed by atoms with Gasteiger partial charge in [0.15, 0.2) is 0 Å². The third-order valence-corrected chi connectivity index (χ3v) is 4.05. The maximum absolute atomic E-state index is 11.8. The van der Waals surface area contributed by atoms with Gasteiger partial charge >= 0.3 is 0 Å². The lowest BCUT2D eigenvalue weighted by molar-refractivity contribution is 0.481. The molecule has 0 spiro atoms. The van der Waals surface area contributed by atoms with E-state index in [4.69, 9.17) is 0 Å². The predicted molar refractivity (Wildman–Crippen MR) is 83.5 cm³/mol. The van der Waals surface area contributed by atoms with Gasteiger partial charge in [0, 0.05) is 22.0 Å². The first-order valence-corrected chi connectivity index (χ1v) is 7.41. The zero-order chi connectivity index (χ0) is 14.1. The summed E-state index contributed by atoms with van der Waals surface area (Å²) in [5.41, 5.74) is 1.59. The highest BCUT2D eigenvalue weighted by molar-refractivity contribution is 7.98. The van der Waals surface area contributed by atoms with Gasteiger partial charge in [-0.05, 0) is 36.1 Å². The maximum Gasteiger partial charge on any atom is 0.255 e. The van der Waals surface area contributed by atoms with E-state index in [9.17, 15) is 9.90 Å². The Bertz CT molecular complexity index is 822. The fraction of sp³-hybridized carbons (Fsp3) is 0.0625. The fourth-order valence-corrected chi connectivity index (χ4v) is 2.71. The number of aromatic hydroxyl groups is 1. The molecule has 4 heteroatoms. The summed E-state index contributed by atoms with van der Waals surface area (Å²) < 4.78 is 0. The first-order valence-electron chi connectivity index (χ1n) is 6.18. The Kier molecular flexibility index (Phi) is 3.24. The Morgan fingerprint density at radius 3 is 2.55 bits per heavy atom. The number of rotatable bonds is 2. The van der Waals surface area contributed by atoms with E-state index in [0.29, 0.717) is 10.8 Å². The van der Waals surface area contributed by atoms with E-state index in [1.807, 2.05) is 30.5 Å². The summed E-state index contributed by atoms with van der Waals surface area (Å²) in [4.78, 5) is 15.7. The summed E-state index contributed by atoms with van der Waals surface area (Å²) >= 11 is 1.67. The van der Waals surface area contributed by atoms with Crippen LogP contribution in [0.5, 0.6) is 5.75 Å². The second kappa shape index (κ2) is 5.06. The number of phenols is 1.